The first-order valence-corrected chi connectivity index (χ1v) is 10.7. The molecule has 0 nitrogen and oxygen atoms in total. The van der Waals surface area contributed by atoms with Crippen LogP contribution in [0.4, 0.5) is 0 Å². The molecule has 0 saturated heterocycles. The Balaban J connectivity index is 0.000000128. The smallest absolute Gasteiger partial charge is 0.00763 e. The van der Waals surface area contributed by atoms with Crippen LogP contribution in [0.5, 0.6) is 0 Å². The average molecular weight is 375 g/mol. The minimum Gasteiger partial charge on any atom is -0.0795 e. The third-order valence-corrected chi connectivity index (χ3v) is 6.11. The molecule has 0 heteroatoms. The van der Waals surface area contributed by atoms with E-state index in [1.54, 1.807) is 0 Å². The lowest BCUT2D eigenvalue weighted by Gasteiger charge is -2.11. The van der Waals surface area contributed by atoms with E-state index in [-0.39, 0.29) is 0 Å². The molecule has 4 aromatic rings. The molecule has 0 spiro atoms. The van der Waals surface area contributed by atoms with Crippen molar-refractivity contribution in [3.05, 3.63) is 124 Å². The average Bonchev–Trinajstić information content (AvgIpc) is 2.77. The third kappa shape index (κ3) is 4.03. The van der Waals surface area contributed by atoms with Gasteiger partial charge in [0.1, 0.15) is 0 Å². The number of allylic oxidation sites excluding steroid dienone is 1. The second-order valence-corrected chi connectivity index (χ2v) is 8.10. The van der Waals surface area contributed by atoms with Crippen LogP contribution in [0.25, 0.3) is 16.8 Å². The molecule has 5 aliphatic rings. The first-order chi connectivity index (χ1) is 14.3. The molecule has 0 fully saturated rings. The van der Waals surface area contributed by atoms with Crippen molar-refractivity contribution < 1.29 is 0 Å². The predicted molar refractivity (Wildman–Crippen MR) is 124 cm³/mol. The van der Waals surface area contributed by atoms with Gasteiger partial charge in [0.15, 0.2) is 0 Å². The topological polar surface area (TPSA) is 0 Å². The maximum atomic E-state index is 2.28. The van der Waals surface area contributed by atoms with Gasteiger partial charge >= 0.3 is 0 Å². The van der Waals surface area contributed by atoms with Crippen LogP contribution in [0, 0.1) is 0 Å². The maximum Gasteiger partial charge on any atom is -0.00763 e. The van der Waals surface area contributed by atoms with E-state index in [2.05, 4.69) is 97.1 Å². The lowest BCUT2D eigenvalue weighted by molar-refractivity contribution is 0.921. The van der Waals surface area contributed by atoms with Gasteiger partial charge in [-0.05, 0) is 76.3 Å². The Morgan fingerprint density at radius 2 is 0.966 bits per heavy atom. The highest BCUT2D eigenvalue weighted by atomic mass is 14.1. The number of hydrogen-bond acceptors (Lipinski definition) is 0. The normalized spacial score (nSPS) is 14.1. The van der Waals surface area contributed by atoms with Crippen molar-refractivity contribution >= 4 is 16.8 Å². The minimum absolute atomic E-state index is 1.08. The summed E-state index contributed by atoms with van der Waals surface area (Å²) in [6.07, 6.45) is 10.1. The summed E-state index contributed by atoms with van der Waals surface area (Å²) in [5, 5.41) is 2.80. The zero-order valence-corrected chi connectivity index (χ0v) is 16.8. The van der Waals surface area contributed by atoms with Gasteiger partial charge in [0.05, 0.1) is 0 Å². The van der Waals surface area contributed by atoms with Crippen molar-refractivity contribution in [3.63, 3.8) is 0 Å². The summed E-state index contributed by atoms with van der Waals surface area (Å²) >= 11 is 0. The molecule has 0 unspecified atom stereocenters. The summed E-state index contributed by atoms with van der Waals surface area (Å²) in [6.45, 7) is 0. The van der Waals surface area contributed by atoms with Gasteiger partial charge in [-0.2, -0.15) is 0 Å². The molecule has 4 bridgehead atoms. The Labute approximate surface area is 173 Å². The number of benzene rings is 4. The van der Waals surface area contributed by atoms with E-state index in [0.717, 1.165) is 32.1 Å². The van der Waals surface area contributed by atoms with Crippen LogP contribution in [0.15, 0.2) is 91.0 Å². The maximum absolute atomic E-state index is 2.28. The lowest BCUT2D eigenvalue weighted by Crippen LogP contribution is -1.97. The van der Waals surface area contributed by atoms with Gasteiger partial charge in [-0.3, -0.25) is 0 Å². The molecule has 0 amide bonds. The SMILES string of the molecule is C1=Cc2cccc3cccc(c23)C1.c1cc2ccc1CCc1ccc(cc1)CC2. The van der Waals surface area contributed by atoms with Gasteiger partial charge < -0.3 is 0 Å². The summed E-state index contributed by atoms with van der Waals surface area (Å²) in [7, 11) is 0. The summed E-state index contributed by atoms with van der Waals surface area (Å²) in [4.78, 5) is 0. The van der Waals surface area contributed by atoms with Gasteiger partial charge in [-0.15, -0.1) is 0 Å². The molecular formula is C29H26. The van der Waals surface area contributed by atoms with Crippen molar-refractivity contribution in [2.24, 2.45) is 0 Å². The predicted octanol–water partition coefficient (Wildman–Crippen LogP) is 6.98. The van der Waals surface area contributed by atoms with Crippen LogP contribution in [0.1, 0.15) is 33.4 Å². The summed E-state index contributed by atoms with van der Waals surface area (Å²) < 4.78 is 0. The van der Waals surface area contributed by atoms with Crippen molar-refractivity contribution in [2.45, 2.75) is 32.1 Å². The van der Waals surface area contributed by atoms with E-state index in [1.165, 1.54) is 44.2 Å². The highest BCUT2D eigenvalue weighted by Gasteiger charge is 2.06. The lowest BCUT2D eigenvalue weighted by atomic mass is 9.93. The zero-order valence-electron chi connectivity index (χ0n) is 16.8. The minimum atomic E-state index is 1.08. The third-order valence-electron chi connectivity index (χ3n) is 6.11. The Morgan fingerprint density at radius 3 is 1.48 bits per heavy atom. The molecule has 0 N–H and O–H groups in total. The number of rotatable bonds is 0. The van der Waals surface area contributed by atoms with Crippen LogP contribution in [0.2, 0.25) is 0 Å². The summed E-state index contributed by atoms with van der Waals surface area (Å²) in [5.41, 5.74) is 8.62. The van der Waals surface area contributed by atoms with Gasteiger partial charge in [-0.1, -0.05) is 97.1 Å². The molecule has 142 valence electrons. The van der Waals surface area contributed by atoms with E-state index in [1.807, 2.05) is 0 Å². The second kappa shape index (κ2) is 8.09. The van der Waals surface area contributed by atoms with Crippen LogP contribution in [0.3, 0.4) is 0 Å². The molecule has 0 radical (unpaired) electrons. The van der Waals surface area contributed by atoms with Gasteiger partial charge in [0.2, 0.25) is 0 Å². The molecule has 0 aromatic heterocycles. The Morgan fingerprint density at radius 1 is 0.483 bits per heavy atom. The van der Waals surface area contributed by atoms with E-state index in [9.17, 15) is 0 Å². The fourth-order valence-electron chi connectivity index (χ4n) is 4.39. The molecule has 0 heterocycles. The largest absolute Gasteiger partial charge is 0.0795 e. The number of hydrogen-bond donors (Lipinski definition) is 0. The fraction of sp³-hybridized carbons (Fsp3) is 0.172. The van der Waals surface area contributed by atoms with Gasteiger partial charge in [0, 0.05) is 0 Å². The molecule has 0 saturated carbocycles. The van der Waals surface area contributed by atoms with Crippen LogP contribution < -0.4 is 0 Å². The van der Waals surface area contributed by atoms with Crippen LogP contribution in [-0.2, 0) is 32.1 Å². The molecule has 5 aliphatic carbocycles. The number of aryl methyl sites for hydroxylation is 4. The second-order valence-electron chi connectivity index (χ2n) is 8.10. The molecule has 0 atom stereocenters. The van der Waals surface area contributed by atoms with Gasteiger partial charge in [-0.25, -0.2) is 0 Å². The summed E-state index contributed by atoms with van der Waals surface area (Å²) in [5.74, 6) is 0. The van der Waals surface area contributed by atoms with Gasteiger partial charge in [0.25, 0.3) is 0 Å². The molecule has 9 rings (SSSR count). The highest BCUT2D eigenvalue weighted by molar-refractivity contribution is 5.94. The first-order valence-electron chi connectivity index (χ1n) is 10.7. The molecule has 29 heavy (non-hydrogen) atoms. The first kappa shape index (κ1) is 17.9. The van der Waals surface area contributed by atoms with E-state index < -0.39 is 0 Å². The quantitative estimate of drug-likeness (QED) is 0.311. The zero-order chi connectivity index (χ0) is 19.5. The van der Waals surface area contributed by atoms with Crippen molar-refractivity contribution in [1.29, 1.82) is 0 Å². The molecule has 4 aromatic carbocycles. The Bertz CT molecular complexity index is 1050. The monoisotopic (exact) mass is 374 g/mol. The highest BCUT2D eigenvalue weighted by Crippen LogP contribution is 2.27. The Kier molecular flexibility index (Phi) is 5.01. The van der Waals surface area contributed by atoms with Crippen LogP contribution in [-0.4, -0.2) is 0 Å². The standard InChI is InChI=1S/C16H16.C13H10/c1-2-14-4-3-13(1)9-10-15-5-7-16(8-6-15)12-11-14;1-4-10-6-2-8-12-9-3-7-11(5-1)13(10)12/h1-8H,9-12H2;1-8H,9H2. The fourth-order valence-corrected chi connectivity index (χ4v) is 4.39. The van der Waals surface area contributed by atoms with E-state index in [4.69, 9.17) is 0 Å². The van der Waals surface area contributed by atoms with Crippen molar-refractivity contribution in [1.82, 2.24) is 0 Å². The van der Waals surface area contributed by atoms with Crippen molar-refractivity contribution in [3.8, 4) is 0 Å². The molecule has 0 aliphatic heterocycles. The van der Waals surface area contributed by atoms with Crippen LogP contribution >= 0.6 is 0 Å². The Hall–Kier alpha value is -3.12. The van der Waals surface area contributed by atoms with Crippen molar-refractivity contribution in [2.75, 3.05) is 0 Å². The van der Waals surface area contributed by atoms with E-state index in [0.29, 0.717) is 0 Å². The summed E-state index contributed by atoms with van der Waals surface area (Å²) in [6, 6.07) is 31.3. The van der Waals surface area contributed by atoms with E-state index >= 15 is 0 Å². The molecular weight excluding hydrogens is 348 g/mol.